The number of hydrogen-bond donors (Lipinski definition) is 0. The van der Waals surface area contributed by atoms with Gasteiger partial charge in [-0.1, -0.05) is 30.3 Å². The molecule has 0 N–H and O–H groups in total. The number of benzene rings is 1. The van der Waals surface area contributed by atoms with Crippen molar-refractivity contribution in [3.05, 3.63) is 54.4 Å². The fraction of sp³-hybridized carbons (Fsp3) is 0.167. The monoisotopic (exact) mass is 200 g/mol. The third-order valence-corrected chi connectivity index (χ3v) is 2.33. The van der Waals surface area contributed by atoms with E-state index in [1.165, 1.54) is 0 Å². The minimum Gasteiger partial charge on any atom is -0.303 e. The fourth-order valence-corrected chi connectivity index (χ4v) is 1.54. The van der Waals surface area contributed by atoms with Crippen molar-refractivity contribution in [2.45, 2.75) is 12.5 Å². The number of carbonyl (C=O) groups excluding carboxylic acids is 1. The van der Waals surface area contributed by atoms with Gasteiger partial charge in [-0.05, 0) is 11.6 Å². The summed E-state index contributed by atoms with van der Waals surface area (Å²) in [4.78, 5) is 11.0. The second kappa shape index (κ2) is 4.55. The number of aromatic nitrogens is 2. The second-order valence-corrected chi connectivity index (χ2v) is 3.38. The maximum absolute atomic E-state index is 11.0. The highest BCUT2D eigenvalue weighted by molar-refractivity contribution is 5.61. The maximum Gasteiger partial charge on any atom is 0.129 e. The molecule has 1 aromatic carbocycles. The van der Waals surface area contributed by atoms with E-state index in [1.807, 2.05) is 42.6 Å². The molecule has 2 rings (SSSR count). The minimum atomic E-state index is -0.119. The van der Waals surface area contributed by atoms with E-state index >= 15 is 0 Å². The van der Waals surface area contributed by atoms with Crippen molar-refractivity contribution in [2.24, 2.45) is 0 Å². The van der Waals surface area contributed by atoms with E-state index in [9.17, 15) is 4.79 Å². The molecule has 1 heterocycles. The van der Waals surface area contributed by atoms with Crippen LogP contribution < -0.4 is 0 Å². The van der Waals surface area contributed by atoms with Crippen molar-refractivity contribution in [2.75, 3.05) is 0 Å². The van der Waals surface area contributed by atoms with Crippen LogP contribution in [0, 0.1) is 0 Å². The van der Waals surface area contributed by atoms with Crippen LogP contribution in [0.5, 0.6) is 0 Å². The van der Waals surface area contributed by atoms with Crippen LogP contribution in [0.2, 0.25) is 0 Å². The highest BCUT2D eigenvalue weighted by Crippen LogP contribution is 2.14. The van der Waals surface area contributed by atoms with Gasteiger partial charge in [0.15, 0.2) is 0 Å². The summed E-state index contributed by atoms with van der Waals surface area (Å²) in [7, 11) is 0. The van der Waals surface area contributed by atoms with Gasteiger partial charge in [-0.2, -0.15) is 5.10 Å². The molecule has 0 saturated heterocycles. The first kappa shape index (κ1) is 9.65. The van der Waals surface area contributed by atoms with Crippen LogP contribution in [-0.2, 0) is 11.3 Å². The average Bonchev–Trinajstić information content (AvgIpc) is 2.80. The summed E-state index contributed by atoms with van der Waals surface area (Å²) in [6.07, 6.45) is 4.54. The van der Waals surface area contributed by atoms with Gasteiger partial charge in [-0.15, -0.1) is 0 Å². The lowest BCUT2D eigenvalue weighted by Crippen LogP contribution is -2.10. The molecule has 0 amide bonds. The molecule has 0 aliphatic carbocycles. The highest BCUT2D eigenvalue weighted by Gasteiger charge is 2.10. The minimum absolute atomic E-state index is 0.119. The van der Waals surface area contributed by atoms with Crippen LogP contribution in [0.1, 0.15) is 11.5 Å². The number of aldehydes is 1. The molecule has 76 valence electrons. The number of rotatable bonds is 4. The van der Waals surface area contributed by atoms with E-state index in [2.05, 4.69) is 5.10 Å². The van der Waals surface area contributed by atoms with Gasteiger partial charge in [-0.25, -0.2) is 0 Å². The van der Waals surface area contributed by atoms with Crippen molar-refractivity contribution in [1.82, 2.24) is 9.78 Å². The van der Waals surface area contributed by atoms with Crippen molar-refractivity contribution < 1.29 is 4.79 Å². The van der Waals surface area contributed by atoms with Gasteiger partial charge < -0.3 is 4.79 Å². The summed E-state index contributed by atoms with van der Waals surface area (Å²) in [5.41, 5.74) is 1.03. The zero-order valence-electron chi connectivity index (χ0n) is 8.28. The van der Waals surface area contributed by atoms with Crippen molar-refractivity contribution in [1.29, 1.82) is 0 Å². The topological polar surface area (TPSA) is 34.9 Å². The Kier molecular flexibility index (Phi) is 2.93. The first-order valence-electron chi connectivity index (χ1n) is 4.88. The molecular formula is C12H12N2O. The number of nitrogens with zero attached hydrogens (tertiary/aromatic N) is 2. The van der Waals surface area contributed by atoms with Crippen molar-refractivity contribution in [3.8, 4) is 0 Å². The van der Waals surface area contributed by atoms with E-state index < -0.39 is 0 Å². The van der Waals surface area contributed by atoms with Gasteiger partial charge in [0.25, 0.3) is 0 Å². The third kappa shape index (κ3) is 2.31. The Morgan fingerprint density at radius 2 is 2.07 bits per heavy atom. The third-order valence-electron chi connectivity index (χ3n) is 2.33. The van der Waals surface area contributed by atoms with Gasteiger partial charge in [0.05, 0.1) is 12.5 Å². The summed E-state index contributed by atoms with van der Waals surface area (Å²) in [6.45, 7) is 0.598. The number of hydrogen-bond acceptors (Lipinski definition) is 2. The molecule has 1 unspecified atom stereocenters. The van der Waals surface area contributed by atoms with E-state index in [1.54, 1.807) is 10.9 Å². The summed E-state index contributed by atoms with van der Waals surface area (Å²) in [6, 6.07) is 11.6. The molecule has 0 radical (unpaired) electrons. The van der Waals surface area contributed by atoms with E-state index in [4.69, 9.17) is 0 Å². The maximum atomic E-state index is 11.0. The van der Waals surface area contributed by atoms with Crippen LogP contribution in [0.15, 0.2) is 48.8 Å². The standard InChI is InChI=1S/C12H12N2O/c15-10-12(9-14-8-4-7-13-14)11-5-2-1-3-6-11/h1-8,10,12H,9H2. The summed E-state index contributed by atoms with van der Waals surface area (Å²) >= 11 is 0. The molecule has 0 bridgehead atoms. The van der Waals surface area contributed by atoms with Gasteiger partial charge in [0.2, 0.25) is 0 Å². The Hall–Kier alpha value is -1.90. The van der Waals surface area contributed by atoms with Gasteiger partial charge >= 0.3 is 0 Å². The molecule has 3 heteroatoms. The Morgan fingerprint density at radius 1 is 1.27 bits per heavy atom. The van der Waals surface area contributed by atoms with Crippen LogP contribution in [0.3, 0.4) is 0 Å². The fourth-order valence-electron chi connectivity index (χ4n) is 1.54. The van der Waals surface area contributed by atoms with E-state index in [0.717, 1.165) is 11.8 Å². The normalized spacial score (nSPS) is 12.3. The molecule has 1 atom stereocenters. The first-order chi connectivity index (χ1) is 7.40. The number of carbonyl (C=O) groups is 1. The molecule has 2 aromatic rings. The summed E-state index contributed by atoms with van der Waals surface area (Å²) < 4.78 is 1.77. The smallest absolute Gasteiger partial charge is 0.129 e. The average molecular weight is 200 g/mol. The predicted octanol–water partition coefficient (Wildman–Crippen LogP) is 1.87. The summed E-state index contributed by atoms with van der Waals surface area (Å²) in [5, 5.41) is 4.09. The zero-order chi connectivity index (χ0) is 10.5. The summed E-state index contributed by atoms with van der Waals surface area (Å²) in [5.74, 6) is -0.119. The molecule has 0 aliphatic rings. The van der Waals surface area contributed by atoms with Gasteiger partial charge in [-0.3, -0.25) is 4.68 Å². The zero-order valence-corrected chi connectivity index (χ0v) is 8.28. The second-order valence-electron chi connectivity index (χ2n) is 3.38. The lowest BCUT2D eigenvalue weighted by molar-refractivity contribution is -0.109. The molecule has 0 aliphatic heterocycles. The van der Waals surface area contributed by atoms with Gasteiger partial charge in [0, 0.05) is 12.4 Å². The molecule has 0 fully saturated rings. The molecular weight excluding hydrogens is 188 g/mol. The quantitative estimate of drug-likeness (QED) is 0.706. The molecule has 0 spiro atoms. The highest BCUT2D eigenvalue weighted by atomic mass is 16.1. The van der Waals surface area contributed by atoms with E-state index in [0.29, 0.717) is 6.54 Å². The Bertz CT molecular complexity index is 408. The molecule has 3 nitrogen and oxygen atoms in total. The van der Waals surface area contributed by atoms with E-state index in [-0.39, 0.29) is 5.92 Å². The van der Waals surface area contributed by atoms with Crippen LogP contribution in [-0.4, -0.2) is 16.1 Å². The first-order valence-corrected chi connectivity index (χ1v) is 4.88. The Morgan fingerprint density at radius 3 is 2.67 bits per heavy atom. The Balaban J connectivity index is 2.15. The van der Waals surface area contributed by atoms with Gasteiger partial charge in [0.1, 0.15) is 6.29 Å². The Labute approximate surface area is 88.4 Å². The molecule has 1 aromatic heterocycles. The molecule has 0 saturated carbocycles. The van der Waals surface area contributed by atoms with Crippen molar-refractivity contribution >= 4 is 6.29 Å². The lowest BCUT2D eigenvalue weighted by atomic mass is 10.0. The lowest BCUT2D eigenvalue weighted by Gasteiger charge is -2.10. The van der Waals surface area contributed by atoms with Crippen molar-refractivity contribution in [3.63, 3.8) is 0 Å². The largest absolute Gasteiger partial charge is 0.303 e. The SMILES string of the molecule is O=CC(Cn1cccn1)c1ccccc1. The van der Waals surface area contributed by atoms with Crippen LogP contribution in [0.25, 0.3) is 0 Å². The molecule has 15 heavy (non-hydrogen) atoms. The van der Waals surface area contributed by atoms with Crippen LogP contribution >= 0.6 is 0 Å². The van der Waals surface area contributed by atoms with Crippen LogP contribution in [0.4, 0.5) is 0 Å². The predicted molar refractivity (Wildman–Crippen MR) is 57.5 cm³/mol.